The third kappa shape index (κ3) is 8.64. The molecule has 0 spiro atoms. The summed E-state index contributed by atoms with van der Waals surface area (Å²) in [4.78, 5) is 16.1. The molecule has 1 fully saturated rings. The van der Waals surface area contributed by atoms with Crippen LogP contribution in [0.5, 0.6) is 0 Å². The van der Waals surface area contributed by atoms with Gasteiger partial charge in [0.2, 0.25) is 0 Å². The normalized spacial score (nSPS) is 21.2. The van der Waals surface area contributed by atoms with E-state index < -0.39 is 24.1 Å². The fourth-order valence-electron chi connectivity index (χ4n) is 2.85. The van der Waals surface area contributed by atoms with Gasteiger partial charge in [-0.15, -0.1) is 0 Å². The Bertz CT molecular complexity index is 646. The van der Waals surface area contributed by atoms with E-state index in [2.05, 4.69) is 22.8 Å². The highest BCUT2D eigenvalue weighted by Crippen LogP contribution is 2.27. The van der Waals surface area contributed by atoms with Gasteiger partial charge in [-0.2, -0.15) is 4.98 Å². The van der Waals surface area contributed by atoms with Gasteiger partial charge in [-0.25, -0.2) is 10.2 Å². The van der Waals surface area contributed by atoms with E-state index in [-0.39, 0.29) is 13.0 Å². The number of nitrogens with one attached hydrogen (secondary N) is 2. The van der Waals surface area contributed by atoms with Crippen molar-refractivity contribution in [3.63, 3.8) is 0 Å². The van der Waals surface area contributed by atoms with Crippen LogP contribution in [0.3, 0.4) is 0 Å². The smallest absolute Gasteiger partial charge is 0.351 e. The van der Waals surface area contributed by atoms with Gasteiger partial charge in [-0.05, 0) is 18.9 Å². The number of hydrogen-bond acceptors (Lipinski definition) is 10. The first-order valence-electron chi connectivity index (χ1n) is 10.4. The number of nitrogens with zero attached hydrogens (tertiary/aromatic N) is 2. The molecule has 2 heterocycles. The molecule has 1 aromatic heterocycles. The molecule has 0 aromatic carbocycles. The van der Waals surface area contributed by atoms with Crippen LogP contribution in [0.25, 0.3) is 0 Å². The minimum absolute atomic E-state index is 0.232. The Labute approximate surface area is 176 Å². The Hall–Kier alpha value is -1.60. The molecule has 2 rings (SSSR count). The molecule has 1 saturated heterocycles. The monoisotopic (exact) mass is 430 g/mol. The molecular formula is C19H34N4O7. The number of hydrazine groups is 1. The van der Waals surface area contributed by atoms with Gasteiger partial charge in [0.05, 0.1) is 39.1 Å². The average molecular weight is 431 g/mol. The Morgan fingerprint density at radius 2 is 1.90 bits per heavy atom. The first kappa shape index (κ1) is 24.7. The maximum absolute atomic E-state index is 12.2. The van der Waals surface area contributed by atoms with Crippen LogP contribution in [0.4, 0.5) is 5.82 Å². The van der Waals surface area contributed by atoms with Crippen molar-refractivity contribution in [2.75, 3.05) is 58.2 Å². The van der Waals surface area contributed by atoms with Crippen molar-refractivity contribution in [2.24, 2.45) is 0 Å². The lowest BCUT2D eigenvalue weighted by Gasteiger charge is -2.15. The van der Waals surface area contributed by atoms with Crippen molar-refractivity contribution in [1.29, 1.82) is 0 Å². The minimum Gasteiger partial charge on any atom is -0.394 e. The van der Waals surface area contributed by atoms with Crippen molar-refractivity contribution in [3.8, 4) is 0 Å². The summed E-state index contributed by atoms with van der Waals surface area (Å²) in [5, 5.41) is 18.9. The van der Waals surface area contributed by atoms with E-state index in [0.29, 0.717) is 45.4 Å². The largest absolute Gasteiger partial charge is 0.394 e. The first-order chi connectivity index (χ1) is 14.7. The quantitative estimate of drug-likeness (QED) is 0.203. The van der Waals surface area contributed by atoms with Crippen LogP contribution >= 0.6 is 0 Å². The molecule has 11 heteroatoms. The Kier molecular flexibility index (Phi) is 11.9. The SMILES string of the molecule is CCCOCCOCCOCCCNNc1ccn([C@H]2CC(O)[C@@H](CO)O2)c(=O)n1. The van der Waals surface area contributed by atoms with E-state index in [0.717, 1.165) is 19.4 Å². The number of anilines is 1. The summed E-state index contributed by atoms with van der Waals surface area (Å²) in [5.41, 5.74) is 5.35. The van der Waals surface area contributed by atoms with Crippen molar-refractivity contribution in [2.45, 2.75) is 44.6 Å². The van der Waals surface area contributed by atoms with Crippen LogP contribution in [-0.2, 0) is 18.9 Å². The number of aliphatic hydroxyl groups is 2. The zero-order chi connectivity index (χ0) is 21.6. The average Bonchev–Trinajstić information content (AvgIpc) is 3.12. The summed E-state index contributed by atoms with van der Waals surface area (Å²) in [6.45, 7) is 6.03. The van der Waals surface area contributed by atoms with Gasteiger partial charge in [-0.1, -0.05) is 6.92 Å². The molecule has 0 radical (unpaired) electrons. The molecular weight excluding hydrogens is 396 g/mol. The number of aliphatic hydroxyl groups excluding tert-OH is 2. The van der Waals surface area contributed by atoms with E-state index in [9.17, 15) is 9.90 Å². The Morgan fingerprint density at radius 3 is 2.53 bits per heavy atom. The van der Waals surface area contributed by atoms with Crippen LogP contribution in [0.2, 0.25) is 0 Å². The highest BCUT2D eigenvalue weighted by atomic mass is 16.5. The van der Waals surface area contributed by atoms with Gasteiger partial charge < -0.3 is 34.6 Å². The number of hydrogen-bond donors (Lipinski definition) is 4. The summed E-state index contributed by atoms with van der Waals surface area (Å²) in [7, 11) is 0. The third-order valence-electron chi connectivity index (χ3n) is 4.42. The van der Waals surface area contributed by atoms with E-state index in [1.54, 1.807) is 12.3 Å². The minimum atomic E-state index is -0.806. The third-order valence-corrected chi connectivity index (χ3v) is 4.42. The fourth-order valence-corrected chi connectivity index (χ4v) is 2.85. The maximum atomic E-state index is 12.2. The van der Waals surface area contributed by atoms with Crippen LogP contribution < -0.4 is 16.5 Å². The van der Waals surface area contributed by atoms with Gasteiger partial charge in [0.15, 0.2) is 0 Å². The van der Waals surface area contributed by atoms with E-state index >= 15 is 0 Å². The molecule has 1 aliphatic rings. The Morgan fingerprint density at radius 1 is 1.20 bits per heavy atom. The molecule has 1 aromatic rings. The summed E-state index contributed by atoms with van der Waals surface area (Å²) in [5.74, 6) is 0.383. The second kappa shape index (κ2) is 14.4. The predicted molar refractivity (Wildman–Crippen MR) is 109 cm³/mol. The lowest BCUT2D eigenvalue weighted by Crippen LogP contribution is -2.30. The fraction of sp³-hybridized carbons (Fsp3) is 0.789. The van der Waals surface area contributed by atoms with Gasteiger partial charge in [0.25, 0.3) is 0 Å². The van der Waals surface area contributed by atoms with Crippen LogP contribution in [0.1, 0.15) is 32.4 Å². The zero-order valence-electron chi connectivity index (χ0n) is 17.5. The van der Waals surface area contributed by atoms with Crippen molar-refractivity contribution in [3.05, 3.63) is 22.7 Å². The van der Waals surface area contributed by atoms with E-state index in [1.807, 2.05) is 0 Å². The highest BCUT2D eigenvalue weighted by Gasteiger charge is 2.34. The second-order valence-corrected chi connectivity index (χ2v) is 6.86. The number of aromatic nitrogens is 2. The lowest BCUT2D eigenvalue weighted by molar-refractivity contribution is -0.0458. The summed E-state index contributed by atoms with van der Waals surface area (Å²) in [6.07, 6.45) is 1.44. The lowest BCUT2D eigenvalue weighted by atomic mass is 10.2. The first-order valence-corrected chi connectivity index (χ1v) is 10.4. The molecule has 172 valence electrons. The van der Waals surface area contributed by atoms with Crippen LogP contribution in [0.15, 0.2) is 17.1 Å². The molecule has 3 atom stereocenters. The van der Waals surface area contributed by atoms with Crippen molar-refractivity contribution >= 4 is 5.82 Å². The molecule has 0 amide bonds. The van der Waals surface area contributed by atoms with Gasteiger partial charge in [0, 0.05) is 32.4 Å². The molecule has 0 bridgehead atoms. The summed E-state index contributed by atoms with van der Waals surface area (Å²) >= 11 is 0. The molecule has 4 N–H and O–H groups in total. The van der Waals surface area contributed by atoms with Crippen molar-refractivity contribution in [1.82, 2.24) is 15.0 Å². The standard InChI is InChI=1S/C19H34N4O7/c1-2-7-27-9-11-29-12-10-28-8-3-5-20-22-17-4-6-23(19(26)21-17)18-13-15(25)16(14-24)30-18/h4,6,15-16,18,20,24-25H,2-3,5,7-14H2,1H3,(H,21,22,26)/t15?,16-,18-/m1/s1. The van der Waals surface area contributed by atoms with Crippen LogP contribution in [-0.4, -0.2) is 84.8 Å². The van der Waals surface area contributed by atoms with Gasteiger partial charge in [0.1, 0.15) is 18.1 Å². The van der Waals surface area contributed by atoms with Crippen LogP contribution in [0, 0.1) is 0 Å². The predicted octanol–water partition coefficient (Wildman–Crippen LogP) is -0.350. The number of ether oxygens (including phenoxy) is 4. The highest BCUT2D eigenvalue weighted by molar-refractivity contribution is 5.30. The van der Waals surface area contributed by atoms with E-state index in [4.69, 9.17) is 24.1 Å². The molecule has 1 unspecified atom stereocenters. The molecule has 30 heavy (non-hydrogen) atoms. The summed E-state index contributed by atoms with van der Waals surface area (Å²) in [6, 6.07) is 1.63. The molecule has 1 aliphatic heterocycles. The second-order valence-electron chi connectivity index (χ2n) is 6.86. The van der Waals surface area contributed by atoms with Gasteiger partial charge in [-0.3, -0.25) is 4.57 Å². The zero-order valence-corrected chi connectivity index (χ0v) is 17.5. The number of rotatable bonds is 16. The van der Waals surface area contributed by atoms with Crippen molar-refractivity contribution < 1.29 is 29.2 Å². The topological polar surface area (TPSA) is 136 Å². The molecule has 11 nitrogen and oxygen atoms in total. The van der Waals surface area contributed by atoms with E-state index in [1.165, 1.54) is 4.57 Å². The Balaban J connectivity index is 1.53. The maximum Gasteiger partial charge on any atom is 0.351 e. The summed E-state index contributed by atoms with van der Waals surface area (Å²) < 4.78 is 22.9. The van der Waals surface area contributed by atoms with Gasteiger partial charge >= 0.3 is 5.69 Å². The molecule has 0 saturated carbocycles. The molecule has 0 aliphatic carbocycles.